The highest BCUT2D eigenvalue weighted by atomic mass is 19.1. The van der Waals surface area contributed by atoms with Crippen LogP contribution in [-0.2, 0) is 16.0 Å². The fourth-order valence-electron chi connectivity index (χ4n) is 2.94. The van der Waals surface area contributed by atoms with Gasteiger partial charge >= 0.3 is 7.12 Å². The van der Waals surface area contributed by atoms with Crippen LogP contribution in [0, 0.1) is 6.92 Å². The number of nitrogens with one attached hydrogen (secondary N) is 1. The van der Waals surface area contributed by atoms with Crippen molar-refractivity contribution >= 4 is 24.2 Å². The zero-order valence-electron chi connectivity index (χ0n) is 16.4. The molecule has 27 heavy (non-hydrogen) atoms. The highest BCUT2D eigenvalue weighted by Gasteiger charge is 2.52. The molecule has 1 amide bonds. The smallest absolute Gasteiger partial charge is 0.399 e. The van der Waals surface area contributed by atoms with Gasteiger partial charge in [0.05, 0.1) is 11.2 Å². The first-order valence-corrected chi connectivity index (χ1v) is 9.05. The van der Waals surface area contributed by atoms with E-state index in [-0.39, 0.29) is 5.91 Å². The SMILES string of the molecule is Cc1ccc(NC(=O)c2cccc(CF)c2)cc1B1OC(C)(C)C(C)(C)O1. The van der Waals surface area contributed by atoms with E-state index < -0.39 is 25.0 Å². The number of hydrogen-bond donors (Lipinski definition) is 1. The van der Waals surface area contributed by atoms with Gasteiger partial charge < -0.3 is 14.6 Å². The molecule has 0 radical (unpaired) electrons. The fourth-order valence-corrected chi connectivity index (χ4v) is 2.94. The Morgan fingerprint density at radius 3 is 2.37 bits per heavy atom. The Morgan fingerprint density at radius 1 is 1.07 bits per heavy atom. The van der Waals surface area contributed by atoms with Crippen molar-refractivity contribution in [2.24, 2.45) is 0 Å². The first-order valence-electron chi connectivity index (χ1n) is 9.05. The summed E-state index contributed by atoms with van der Waals surface area (Å²) in [6.07, 6.45) is 0. The molecule has 0 atom stereocenters. The lowest BCUT2D eigenvalue weighted by molar-refractivity contribution is 0.00578. The molecule has 4 nitrogen and oxygen atoms in total. The number of carbonyl (C=O) groups excluding carboxylic acids is 1. The highest BCUT2D eigenvalue weighted by molar-refractivity contribution is 6.62. The molecule has 0 saturated carbocycles. The molecule has 1 N–H and O–H groups in total. The van der Waals surface area contributed by atoms with Crippen LogP contribution in [0.1, 0.15) is 49.2 Å². The predicted molar refractivity (Wildman–Crippen MR) is 106 cm³/mol. The van der Waals surface area contributed by atoms with Gasteiger partial charge in [-0.25, -0.2) is 4.39 Å². The van der Waals surface area contributed by atoms with Crippen LogP contribution in [0.4, 0.5) is 10.1 Å². The summed E-state index contributed by atoms with van der Waals surface area (Å²) >= 11 is 0. The van der Waals surface area contributed by atoms with Crippen LogP contribution in [-0.4, -0.2) is 24.2 Å². The maximum Gasteiger partial charge on any atom is 0.495 e. The van der Waals surface area contributed by atoms with Crippen molar-refractivity contribution in [1.82, 2.24) is 0 Å². The number of carbonyl (C=O) groups is 1. The number of hydrogen-bond acceptors (Lipinski definition) is 3. The summed E-state index contributed by atoms with van der Waals surface area (Å²) in [4.78, 5) is 12.5. The molecule has 2 aromatic carbocycles. The Morgan fingerprint density at radius 2 is 1.74 bits per heavy atom. The van der Waals surface area contributed by atoms with E-state index >= 15 is 0 Å². The van der Waals surface area contributed by atoms with Crippen molar-refractivity contribution in [2.45, 2.75) is 52.5 Å². The normalized spacial score (nSPS) is 17.8. The molecule has 0 unspecified atom stereocenters. The molecule has 0 aromatic heterocycles. The molecular formula is C21H25BFNO3. The Balaban J connectivity index is 1.83. The van der Waals surface area contributed by atoms with Crippen LogP contribution < -0.4 is 10.8 Å². The summed E-state index contributed by atoms with van der Waals surface area (Å²) in [6.45, 7) is 9.41. The molecule has 0 bridgehead atoms. The molecule has 2 aromatic rings. The van der Waals surface area contributed by atoms with Crippen molar-refractivity contribution in [3.05, 3.63) is 59.2 Å². The second-order valence-electron chi connectivity index (χ2n) is 7.95. The Kier molecular flexibility index (Phi) is 5.15. The number of halogens is 1. The van der Waals surface area contributed by atoms with Crippen LogP contribution in [0.15, 0.2) is 42.5 Å². The molecule has 0 aliphatic carbocycles. The zero-order chi connectivity index (χ0) is 19.8. The molecular weight excluding hydrogens is 344 g/mol. The van der Waals surface area contributed by atoms with E-state index in [1.807, 2.05) is 52.8 Å². The topological polar surface area (TPSA) is 47.6 Å². The predicted octanol–water partition coefficient (Wildman–Crippen LogP) is 4.02. The van der Waals surface area contributed by atoms with E-state index in [2.05, 4.69) is 5.32 Å². The molecule has 1 fully saturated rings. The summed E-state index contributed by atoms with van der Waals surface area (Å²) in [5.74, 6) is -0.283. The summed E-state index contributed by atoms with van der Waals surface area (Å²) < 4.78 is 25.1. The van der Waals surface area contributed by atoms with Gasteiger partial charge in [0.1, 0.15) is 6.67 Å². The monoisotopic (exact) mass is 369 g/mol. The molecule has 3 rings (SSSR count). The van der Waals surface area contributed by atoms with Crippen LogP contribution in [0.3, 0.4) is 0 Å². The minimum absolute atomic E-state index is 0.283. The maximum atomic E-state index is 12.8. The molecule has 0 spiro atoms. The lowest BCUT2D eigenvalue weighted by Gasteiger charge is -2.32. The molecule has 6 heteroatoms. The van der Waals surface area contributed by atoms with E-state index in [4.69, 9.17) is 9.31 Å². The number of alkyl halides is 1. The molecule has 1 aliphatic rings. The number of benzene rings is 2. The first kappa shape index (κ1) is 19.6. The number of amides is 1. The van der Waals surface area contributed by atoms with Crippen molar-refractivity contribution in [1.29, 1.82) is 0 Å². The second-order valence-corrected chi connectivity index (χ2v) is 7.95. The lowest BCUT2D eigenvalue weighted by atomic mass is 9.76. The Bertz CT molecular complexity index is 850. The lowest BCUT2D eigenvalue weighted by Crippen LogP contribution is -2.41. The standard InChI is InChI=1S/C21H25BFNO3/c1-14-9-10-17(24-19(25)16-8-6-7-15(11-16)13-23)12-18(14)22-26-20(2,3)21(4,5)27-22/h6-12H,13H2,1-5H3,(H,24,25). The van der Waals surface area contributed by atoms with Crippen LogP contribution in [0.2, 0.25) is 0 Å². The largest absolute Gasteiger partial charge is 0.495 e. The molecule has 142 valence electrons. The molecule has 1 saturated heterocycles. The van der Waals surface area contributed by atoms with Gasteiger partial charge in [0, 0.05) is 11.3 Å². The number of rotatable bonds is 4. The second kappa shape index (κ2) is 7.10. The summed E-state index contributed by atoms with van der Waals surface area (Å²) in [7, 11) is -0.498. The van der Waals surface area contributed by atoms with Gasteiger partial charge in [-0.1, -0.05) is 23.8 Å². The average molecular weight is 369 g/mol. The average Bonchev–Trinajstić information content (AvgIpc) is 2.84. The van der Waals surface area contributed by atoms with Crippen LogP contribution in [0.5, 0.6) is 0 Å². The first-order chi connectivity index (χ1) is 12.6. The van der Waals surface area contributed by atoms with Crippen molar-refractivity contribution in [2.75, 3.05) is 5.32 Å². The van der Waals surface area contributed by atoms with Crippen molar-refractivity contribution in [3.8, 4) is 0 Å². The van der Waals surface area contributed by atoms with E-state index in [1.54, 1.807) is 24.3 Å². The third-order valence-corrected chi connectivity index (χ3v) is 5.39. The van der Waals surface area contributed by atoms with Gasteiger partial charge in [0.2, 0.25) is 0 Å². The Hall–Kier alpha value is -2.18. The maximum absolute atomic E-state index is 12.8. The highest BCUT2D eigenvalue weighted by Crippen LogP contribution is 2.36. The van der Waals surface area contributed by atoms with Crippen molar-refractivity contribution in [3.63, 3.8) is 0 Å². The summed E-state index contributed by atoms with van der Waals surface area (Å²) in [6, 6.07) is 12.2. The Labute approximate surface area is 160 Å². The van der Waals surface area contributed by atoms with Crippen LogP contribution in [0.25, 0.3) is 0 Å². The van der Waals surface area contributed by atoms with Gasteiger partial charge in [-0.2, -0.15) is 0 Å². The van der Waals surface area contributed by atoms with Gasteiger partial charge in [-0.05, 0) is 69.9 Å². The van der Waals surface area contributed by atoms with E-state index in [0.717, 1.165) is 11.0 Å². The number of anilines is 1. The zero-order valence-corrected chi connectivity index (χ0v) is 16.4. The summed E-state index contributed by atoms with van der Waals surface area (Å²) in [5.41, 5.74) is 2.56. The molecule has 1 heterocycles. The van der Waals surface area contributed by atoms with Gasteiger partial charge in [-0.15, -0.1) is 0 Å². The third kappa shape index (κ3) is 3.92. The minimum Gasteiger partial charge on any atom is -0.399 e. The van der Waals surface area contributed by atoms with Crippen molar-refractivity contribution < 1.29 is 18.5 Å². The van der Waals surface area contributed by atoms with Gasteiger partial charge in [0.25, 0.3) is 5.91 Å². The fraction of sp³-hybridized carbons (Fsp3) is 0.381. The quantitative estimate of drug-likeness (QED) is 0.829. The van der Waals surface area contributed by atoms with Gasteiger partial charge in [-0.3, -0.25) is 4.79 Å². The van der Waals surface area contributed by atoms with Crippen LogP contribution >= 0.6 is 0 Å². The van der Waals surface area contributed by atoms with E-state index in [9.17, 15) is 9.18 Å². The van der Waals surface area contributed by atoms with E-state index in [1.165, 1.54) is 0 Å². The minimum atomic E-state index is -0.599. The molecule has 1 aliphatic heterocycles. The van der Waals surface area contributed by atoms with Gasteiger partial charge in [0.15, 0.2) is 0 Å². The third-order valence-electron chi connectivity index (χ3n) is 5.39. The summed E-state index contributed by atoms with van der Waals surface area (Å²) in [5, 5.41) is 2.87. The van der Waals surface area contributed by atoms with E-state index in [0.29, 0.717) is 16.8 Å². The number of aryl methyl sites for hydroxylation is 1.